The fraction of sp³-hybridized carbons (Fsp3) is 0.500. The van der Waals surface area contributed by atoms with E-state index < -0.39 is 0 Å². The van der Waals surface area contributed by atoms with Gasteiger partial charge in [-0.1, -0.05) is 37.3 Å². The highest BCUT2D eigenvalue weighted by Crippen LogP contribution is 2.13. The van der Waals surface area contributed by atoms with Crippen LogP contribution in [0.15, 0.2) is 35.3 Å². The molecule has 3 N–H and O–H groups in total. The van der Waals surface area contributed by atoms with Crippen LogP contribution in [0.1, 0.15) is 24.8 Å². The predicted molar refractivity (Wildman–Crippen MR) is 75.9 cm³/mol. The van der Waals surface area contributed by atoms with Gasteiger partial charge in [0, 0.05) is 26.1 Å². The molecule has 1 aromatic rings. The first kappa shape index (κ1) is 14.5. The summed E-state index contributed by atoms with van der Waals surface area (Å²) in [5, 5.41) is 15.9. The number of benzene rings is 1. The predicted octanol–water partition coefficient (Wildman–Crippen LogP) is 1.34. The van der Waals surface area contributed by atoms with Crippen molar-refractivity contribution in [1.29, 1.82) is 0 Å². The summed E-state index contributed by atoms with van der Waals surface area (Å²) < 4.78 is 0. The minimum atomic E-state index is 0.0892. The number of guanidine groups is 1. The zero-order chi connectivity index (χ0) is 13.2. The van der Waals surface area contributed by atoms with E-state index in [4.69, 9.17) is 0 Å². The lowest BCUT2D eigenvalue weighted by Crippen LogP contribution is -2.40. The van der Waals surface area contributed by atoms with Gasteiger partial charge in [0.1, 0.15) is 0 Å². The Morgan fingerprint density at radius 1 is 1.28 bits per heavy atom. The molecule has 0 saturated carbocycles. The quantitative estimate of drug-likeness (QED) is 0.527. The number of hydrogen-bond donors (Lipinski definition) is 3. The van der Waals surface area contributed by atoms with Crippen LogP contribution in [0.3, 0.4) is 0 Å². The SMILES string of the molecule is CCCNC(=NC)NCC(CO)c1ccccc1. The summed E-state index contributed by atoms with van der Waals surface area (Å²) in [5.41, 5.74) is 1.14. The average Bonchev–Trinajstić information content (AvgIpc) is 2.44. The minimum absolute atomic E-state index is 0.0892. The molecule has 0 aliphatic carbocycles. The number of aliphatic hydroxyl groups excluding tert-OH is 1. The number of hydrogen-bond acceptors (Lipinski definition) is 2. The molecule has 100 valence electrons. The van der Waals surface area contributed by atoms with Gasteiger partial charge in [0.15, 0.2) is 5.96 Å². The monoisotopic (exact) mass is 249 g/mol. The first-order valence-corrected chi connectivity index (χ1v) is 6.42. The molecule has 0 saturated heterocycles. The van der Waals surface area contributed by atoms with Crippen LogP contribution in [0, 0.1) is 0 Å². The first-order valence-electron chi connectivity index (χ1n) is 6.42. The average molecular weight is 249 g/mol. The van der Waals surface area contributed by atoms with Gasteiger partial charge in [-0.2, -0.15) is 0 Å². The van der Waals surface area contributed by atoms with E-state index in [9.17, 15) is 5.11 Å². The third-order valence-corrected chi connectivity index (χ3v) is 2.77. The molecule has 18 heavy (non-hydrogen) atoms. The normalized spacial score (nSPS) is 13.2. The molecule has 0 spiro atoms. The Labute approximate surface area is 109 Å². The highest BCUT2D eigenvalue weighted by molar-refractivity contribution is 5.79. The fourth-order valence-corrected chi connectivity index (χ4v) is 1.70. The molecule has 0 heterocycles. The van der Waals surface area contributed by atoms with E-state index in [1.165, 1.54) is 0 Å². The molecule has 1 unspecified atom stereocenters. The number of nitrogens with zero attached hydrogens (tertiary/aromatic N) is 1. The molecule has 4 nitrogen and oxygen atoms in total. The Morgan fingerprint density at radius 3 is 2.56 bits per heavy atom. The lowest BCUT2D eigenvalue weighted by Gasteiger charge is -2.17. The molecule has 1 aromatic carbocycles. The summed E-state index contributed by atoms with van der Waals surface area (Å²) in [5.74, 6) is 0.873. The van der Waals surface area contributed by atoms with E-state index in [-0.39, 0.29) is 12.5 Å². The van der Waals surface area contributed by atoms with E-state index >= 15 is 0 Å². The van der Waals surface area contributed by atoms with Gasteiger partial charge in [-0.3, -0.25) is 4.99 Å². The van der Waals surface area contributed by atoms with Crippen molar-refractivity contribution in [3.8, 4) is 0 Å². The molecule has 0 aliphatic heterocycles. The van der Waals surface area contributed by atoms with Crippen molar-refractivity contribution in [3.05, 3.63) is 35.9 Å². The molecular formula is C14H23N3O. The smallest absolute Gasteiger partial charge is 0.190 e. The third-order valence-electron chi connectivity index (χ3n) is 2.77. The second kappa shape index (κ2) is 8.53. The number of aliphatic hydroxyl groups is 1. The van der Waals surface area contributed by atoms with E-state index in [0.717, 1.165) is 24.5 Å². The van der Waals surface area contributed by atoms with Gasteiger partial charge < -0.3 is 15.7 Å². The fourth-order valence-electron chi connectivity index (χ4n) is 1.70. The van der Waals surface area contributed by atoms with Crippen LogP contribution in [0.2, 0.25) is 0 Å². The van der Waals surface area contributed by atoms with Gasteiger partial charge in [0.2, 0.25) is 0 Å². The molecule has 0 fully saturated rings. The van der Waals surface area contributed by atoms with E-state index in [1.807, 2.05) is 30.3 Å². The van der Waals surface area contributed by atoms with Gasteiger partial charge >= 0.3 is 0 Å². The van der Waals surface area contributed by atoms with Crippen LogP contribution in [-0.4, -0.2) is 37.8 Å². The zero-order valence-electron chi connectivity index (χ0n) is 11.2. The Hall–Kier alpha value is -1.55. The Morgan fingerprint density at radius 2 is 2.00 bits per heavy atom. The summed E-state index contributed by atoms with van der Waals surface area (Å²) in [6.07, 6.45) is 1.06. The molecule has 1 atom stereocenters. The van der Waals surface area contributed by atoms with Crippen molar-refractivity contribution in [2.75, 3.05) is 26.7 Å². The Bertz CT molecular complexity index is 351. The van der Waals surface area contributed by atoms with Gasteiger partial charge in [-0.15, -0.1) is 0 Å². The number of rotatable bonds is 6. The van der Waals surface area contributed by atoms with Crippen molar-refractivity contribution in [1.82, 2.24) is 10.6 Å². The maximum atomic E-state index is 9.44. The molecule has 0 amide bonds. The van der Waals surface area contributed by atoms with Gasteiger partial charge in [0.25, 0.3) is 0 Å². The van der Waals surface area contributed by atoms with Crippen LogP contribution in [0.5, 0.6) is 0 Å². The lowest BCUT2D eigenvalue weighted by atomic mass is 10.0. The third kappa shape index (κ3) is 4.75. The summed E-state index contributed by atoms with van der Waals surface area (Å²) in [4.78, 5) is 4.14. The van der Waals surface area contributed by atoms with Gasteiger partial charge in [-0.05, 0) is 12.0 Å². The maximum Gasteiger partial charge on any atom is 0.190 e. The first-order chi connectivity index (χ1) is 8.81. The standard InChI is InChI=1S/C14H23N3O/c1-3-9-16-14(15-2)17-10-13(11-18)12-7-5-4-6-8-12/h4-8,13,18H,3,9-11H2,1-2H3,(H2,15,16,17). The van der Waals surface area contributed by atoms with Crippen LogP contribution in [0.4, 0.5) is 0 Å². The Kier molecular flexibility index (Phi) is 6.87. The topological polar surface area (TPSA) is 56.7 Å². The van der Waals surface area contributed by atoms with Crippen molar-refractivity contribution < 1.29 is 5.11 Å². The highest BCUT2D eigenvalue weighted by Gasteiger charge is 2.10. The van der Waals surface area contributed by atoms with Gasteiger partial charge in [0.05, 0.1) is 6.61 Å². The molecule has 0 aliphatic rings. The number of nitrogens with one attached hydrogen (secondary N) is 2. The van der Waals surface area contributed by atoms with E-state index in [1.54, 1.807) is 7.05 Å². The molecular weight excluding hydrogens is 226 g/mol. The summed E-state index contributed by atoms with van der Waals surface area (Å²) in [6, 6.07) is 10.0. The molecule has 0 aromatic heterocycles. The lowest BCUT2D eigenvalue weighted by molar-refractivity contribution is 0.265. The van der Waals surface area contributed by atoms with Crippen LogP contribution >= 0.6 is 0 Å². The second-order valence-electron chi connectivity index (χ2n) is 4.17. The Balaban J connectivity index is 2.49. The van der Waals surface area contributed by atoms with Crippen molar-refractivity contribution in [3.63, 3.8) is 0 Å². The molecule has 4 heteroatoms. The van der Waals surface area contributed by atoms with E-state index in [2.05, 4.69) is 22.5 Å². The summed E-state index contributed by atoms with van der Waals surface area (Å²) in [6.45, 7) is 3.81. The molecule has 0 bridgehead atoms. The molecule has 0 radical (unpaired) electrons. The minimum Gasteiger partial charge on any atom is -0.396 e. The summed E-state index contributed by atoms with van der Waals surface area (Å²) in [7, 11) is 1.75. The van der Waals surface area contributed by atoms with Crippen LogP contribution < -0.4 is 10.6 Å². The maximum absolute atomic E-state index is 9.44. The zero-order valence-corrected chi connectivity index (χ0v) is 11.2. The van der Waals surface area contributed by atoms with Crippen molar-refractivity contribution in [2.45, 2.75) is 19.3 Å². The van der Waals surface area contributed by atoms with Gasteiger partial charge in [-0.25, -0.2) is 0 Å². The van der Waals surface area contributed by atoms with E-state index in [0.29, 0.717) is 6.54 Å². The molecule has 1 rings (SSSR count). The van der Waals surface area contributed by atoms with Crippen LogP contribution in [0.25, 0.3) is 0 Å². The number of aliphatic imine (C=N–C) groups is 1. The second-order valence-corrected chi connectivity index (χ2v) is 4.17. The summed E-state index contributed by atoms with van der Waals surface area (Å²) >= 11 is 0. The van der Waals surface area contributed by atoms with Crippen molar-refractivity contribution >= 4 is 5.96 Å². The highest BCUT2D eigenvalue weighted by atomic mass is 16.3. The largest absolute Gasteiger partial charge is 0.396 e. The van der Waals surface area contributed by atoms with Crippen molar-refractivity contribution in [2.24, 2.45) is 4.99 Å². The van der Waals surface area contributed by atoms with Crippen LogP contribution in [-0.2, 0) is 0 Å².